The van der Waals surface area contributed by atoms with Gasteiger partial charge in [0.25, 0.3) is 0 Å². The van der Waals surface area contributed by atoms with Gasteiger partial charge >= 0.3 is 0 Å². The van der Waals surface area contributed by atoms with Crippen LogP contribution in [0.5, 0.6) is 0 Å². The van der Waals surface area contributed by atoms with Crippen molar-refractivity contribution in [2.24, 2.45) is 13.0 Å². The molecule has 6 rings (SSSR count). The summed E-state index contributed by atoms with van der Waals surface area (Å²) in [6, 6.07) is 6.06. The first-order valence-corrected chi connectivity index (χ1v) is 11.7. The molecule has 1 unspecified atom stereocenters. The van der Waals surface area contributed by atoms with Gasteiger partial charge in [0.15, 0.2) is 0 Å². The predicted octanol–water partition coefficient (Wildman–Crippen LogP) is 3.47. The molecule has 4 aromatic heterocycles. The topological polar surface area (TPSA) is 113 Å². The number of benzene rings is 1. The highest BCUT2D eigenvalue weighted by Gasteiger charge is 2.29. The number of hydrogen-bond acceptors (Lipinski definition) is 7. The molecule has 0 aliphatic heterocycles. The Morgan fingerprint density at radius 1 is 1.30 bits per heavy atom. The zero-order valence-electron chi connectivity index (χ0n) is 18.0. The fraction of sp³-hybridized carbons (Fsp3) is 0.261. The molecule has 4 heterocycles. The third-order valence-electron chi connectivity index (χ3n) is 6.28. The smallest absolute Gasteiger partial charge is 0.223 e. The maximum Gasteiger partial charge on any atom is 0.223 e. The van der Waals surface area contributed by atoms with E-state index in [1.165, 1.54) is 10.4 Å². The summed E-state index contributed by atoms with van der Waals surface area (Å²) in [6.07, 6.45) is 9.30. The first kappa shape index (κ1) is 19.9. The Bertz CT molecular complexity index is 1480. The Kier molecular flexibility index (Phi) is 4.79. The Balaban J connectivity index is 1.23. The molecule has 0 saturated heterocycles. The Morgan fingerprint density at radius 3 is 3.12 bits per heavy atom. The number of carbonyl (C=O) groups excluding carboxylic acids is 1. The summed E-state index contributed by atoms with van der Waals surface area (Å²) in [5.74, 6) is 0.864. The van der Waals surface area contributed by atoms with Gasteiger partial charge in [0.05, 0.1) is 35.7 Å². The minimum absolute atomic E-state index is 0.0355. The van der Waals surface area contributed by atoms with Crippen molar-refractivity contribution in [2.45, 2.75) is 25.8 Å². The van der Waals surface area contributed by atoms with Gasteiger partial charge in [-0.3, -0.25) is 9.89 Å². The van der Waals surface area contributed by atoms with Crippen molar-refractivity contribution >= 4 is 49.9 Å². The van der Waals surface area contributed by atoms with Crippen molar-refractivity contribution in [2.75, 3.05) is 5.32 Å². The number of nitrogens with zero attached hydrogens (tertiary/aromatic N) is 5. The Hall–Kier alpha value is -3.79. The van der Waals surface area contributed by atoms with Crippen molar-refractivity contribution in [3.05, 3.63) is 59.4 Å². The lowest BCUT2D eigenvalue weighted by atomic mass is 9.87. The summed E-state index contributed by atoms with van der Waals surface area (Å²) < 4.78 is 1.92. The highest BCUT2D eigenvalue weighted by atomic mass is 32.1. The number of hydrogen-bond donors (Lipinski definition) is 3. The molecular weight excluding hydrogens is 436 g/mol. The maximum atomic E-state index is 12.8. The monoisotopic (exact) mass is 458 g/mol. The molecule has 0 fully saturated rings. The van der Waals surface area contributed by atoms with E-state index >= 15 is 0 Å². The summed E-state index contributed by atoms with van der Waals surface area (Å²) >= 11 is 1.67. The van der Waals surface area contributed by atoms with Gasteiger partial charge in [-0.15, -0.1) is 11.3 Å². The lowest BCUT2D eigenvalue weighted by molar-refractivity contribution is -0.125. The fourth-order valence-corrected chi connectivity index (χ4v) is 5.73. The zero-order valence-corrected chi connectivity index (χ0v) is 18.8. The highest BCUT2D eigenvalue weighted by molar-refractivity contribution is 7.19. The van der Waals surface area contributed by atoms with Gasteiger partial charge in [0.2, 0.25) is 5.91 Å². The van der Waals surface area contributed by atoms with E-state index in [4.69, 9.17) is 0 Å². The minimum atomic E-state index is -0.0355. The largest absolute Gasteiger partial charge is 0.350 e. The van der Waals surface area contributed by atoms with Gasteiger partial charge in [-0.05, 0) is 43.0 Å². The van der Waals surface area contributed by atoms with Gasteiger partial charge in [-0.1, -0.05) is 0 Å². The van der Waals surface area contributed by atoms with Crippen LogP contribution in [0.4, 0.5) is 11.5 Å². The molecule has 5 aromatic rings. The summed E-state index contributed by atoms with van der Waals surface area (Å²) in [4.78, 5) is 28.2. The molecule has 9 nitrogen and oxygen atoms in total. The number of aromatic amines is 1. The number of aryl methyl sites for hydroxylation is 2. The van der Waals surface area contributed by atoms with E-state index in [-0.39, 0.29) is 11.8 Å². The van der Waals surface area contributed by atoms with Gasteiger partial charge in [-0.2, -0.15) is 5.10 Å². The zero-order chi connectivity index (χ0) is 22.4. The number of H-pyrrole nitrogens is 1. The van der Waals surface area contributed by atoms with Gasteiger partial charge in [0.1, 0.15) is 17.0 Å². The lowest BCUT2D eigenvalue weighted by Gasteiger charge is -2.22. The maximum absolute atomic E-state index is 12.8. The van der Waals surface area contributed by atoms with Crippen LogP contribution < -0.4 is 10.6 Å². The first-order valence-electron chi connectivity index (χ1n) is 10.8. The van der Waals surface area contributed by atoms with Crippen LogP contribution in [-0.2, 0) is 31.2 Å². The number of anilines is 2. The third-order valence-corrected chi connectivity index (χ3v) is 7.44. The van der Waals surface area contributed by atoms with E-state index in [1.807, 2.05) is 36.0 Å². The molecule has 166 valence electrons. The molecule has 1 aliphatic rings. The number of rotatable bonds is 5. The van der Waals surface area contributed by atoms with Crippen LogP contribution in [0.15, 0.2) is 43.2 Å². The van der Waals surface area contributed by atoms with E-state index in [1.54, 1.807) is 30.2 Å². The van der Waals surface area contributed by atoms with Crippen molar-refractivity contribution in [3.63, 3.8) is 0 Å². The van der Waals surface area contributed by atoms with Crippen molar-refractivity contribution < 1.29 is 4.79 Å². The van der Waals surface area contributed by atoms with Crippen LogP contribution in [0.25, 0.3) is 21.1 Å². The summed E-state index contributed by atoms with van der Waals surface area (Å²) in [6.45, 7) is 0.492. The molecule has 3 N–H and O–H groups in total. The normalized spacial score (nSPS) is 15.6. The van der Waals surface area contributed by atoms with Crippen LogP contribution in [0.1, 0.15) is 22.6 Å². The SMILES string of the molecule is Cn1cncc1CNC(=O)C1CCc2c(sc3ncnc(Nc4ccc5[nH]ncc5c4)c23)C1. The van der Waals surface area contributed by atoms with Gasteiger partial charge in [0, 0.05) is 35.1 Å². The molecule has 33 heavy (non-hydrogen) atoms. The average molecular weight is 459 g/mol. The molecule has 0 bridgehead atoms. The number of thiophene rings is 1. The number of imidazole rings is 1. The second-order valence-corrected chi connectivity index (χ2v) is 9.44. The number of fused-ring (bicyclic) bond motifs is 4. The molecule has 1 amide bonds. The molecular formula is C23H22N8OS. The molecule has 1 aliphatic carbocycles. The summed E-state index contributed by atoms with van der Waals surface area (Å²) in [5.41, 5.74) is 4.19. The molecule has 0 spiro atoms. The number of aromatic nitrogens is 6. The van der Waals surface area contributed by atoms with Crippen molar-refractivity contribution in [3.8, 4) is 0 Å². The van der Waals surface area contributed by atoms with Crippen molar-refractivity contribution in [1.29, 1.82) is 0 Å². The van der Waals surface area contributed by atoms with Crippen LogP contribution in [0.3, 0.4) is 0 Å². The van der Waals surface area contributed by atoms with E-state index < -0.39 is 0 Å². The first-order chi connectivity index (χ1) is 16.2. The Morgan fingerprint density at radius 2 is 2.24 bits per heavy atom. The molecule has 0 saturated carbocycles. The third kappa shape index (κ3) is 3.62. The van der Waals surface area contributed by atoms with Crippen LogP contribution in [0.2, 0.25) is 0 Å². The molecule has 0 radical (unpaired) electrons. The number of amides is 1. The Labute approximate surface area is 193 Å². The quantitative estimate of drug-likeness (QED) is 0.372. The van der Waals surface area contributed by atoms with Crippen LogP contribution in [-0.4, -0.2) is 35.6 Å². The lowest BCUT2D eigenvalue weighted by Crippen LogP contribution is -2.33. The van der Waals surface area contributed by atoms with Crippen molar-refractivity contribution in [1.82, 2.24) is 35.0 Å². The number of carbonyl (C=O) groups is 1. The number of nitrogens with one attached hydrogen (secondary N) is 3. The van der Waals surface area contributed by atoms with Crippen LogP contribution in [0, 0.1) is 5.92 Å². The molecule has 10 heteroatoms. The fourth-order valence-electron chi connectivity index (χ4n) is 4.46. The molecule has 1 atom stereocenters. The highest BCUT2D eigenvalue weighted by Crippen LogP contribution is 2.40. The second kappa shape index (κ2) is 7.96. The summed E-state index contributed by atoms with van der Waals surface area (Å²) in [5, 5.41) is 15.7. The van der Waals surface area contributed by atoms with E-state index in [0.29, 0.717) is 6.54 Å². The van der Waals surface area contributed by atoms with Gasteiger partial charge < -0.3 is 15.2 Å². The van der Waals surface area contributed by atoms with E-state index in [0.717, 1.165) is 57.6 Å². The van der Waals surface area contributed by atoms with E-state index in [9.17, 15) is 4.79 Å². The molecule has 1 aromatic carbocycles. The van der Waals surface area contributed by atoms with Gasteiger partial charge in [-0.25, -0.2) is 15.0 Å². The van der Waals surface area contributed by atoms with Crippen LogP contribution >= 0.6 is 11.3 Å². The standard InChI is InChI=1S/C23H22N8OS/c1-31-12-24-9-16(31)10-25-22(32)13-2-4-17-19(7-13)33-23-20(17)21(26-11-27-23)29-15-3-5-18-14(6-15)8-28-30-18/h3,5-6,8-9,11-13H,2,4,7,10H2,1H3,(H,25,32)(H,28,30)(H,26,27,29). The average Bonchev–Trinajstić information content (AvgIpc) is 3.55. The second-order valence-electron chi connectivity index (χ2n) is 8.36. The minimum Gasteiger partial charge on any atom is -0.350 e. The summed E-state index contributed by atoms with van der Waals surface area (Å²) in [7, 11) is 1.93. The predicted molar refractivity (Wildman–Crippen MR) is 127 cm³/mol. The van der Waals surface area contributed by atoms with E-state index in [2.05, 4.69) is 35.8 Å².